The number of carbonyl (C=O) groups is 1. The molecule has 3 rings (SSSR count). The number of carbonyl (C=O) groups excluding carboxylic acids is 1. The Morgan fingerprint density at radius 1 is 1.04 bits per heavy atom. The summed E-state index contributed by atoms with van der Waals surface area (Å²) in [5, 5.41) is 9.87. The summed E-state index contributed by atoms with van der Waals surface area (Å²) in [6, 6.07) is 9.18. The van der Waals surface area contributed by atoms with E-state index in [1.807, 2.05) is 0 Å². The van der Waals surface area contributed by atoms with Gasteiger partial charge < -0.3 is 0 Å². The summed E-state index contributed by atoms with van der Waals surface area (Å²) in [6.45, 7) is 0.0518. The summed E-state index contributed by atoms with van der Waals surface area (Å²) in [6.07, 6.45) is -4.25. The van der Waals surface area contributed by atoms with Crippen LogP contribution in [0.25, 0.3) is 11.1 Å². The van der Waals surface area contributed by atoms with E-state index < -0.39 is 33.7 Å². The number of hydrogen-bond donors (Lipinski definition) is 1. The molecule has 1 heterocycles. The van der Waals surface area contributed by atoms with E-state index in [0.717, 1.165) is 16.4 Å². The van der Waals surface area contributed by atoms with Crippen LogP contribution in [0.2, 0.25) is 0 Å². The Bertz CT molecular complexity index is 973. The number of hydrogen-bond acceptors (Lipinski definition) is 4. The average molecular weight is 414 g/mol. The lowest BCUT2D eigenvalue weighted by molar-refractivity contribution is -0.159. The van der Waals surface area contributed by atoms with Gasteiger partial charge in [-0.25, -0.2) is 13.5 Å². The highest BCUT2D eigenvalue weighted by molar-refractivity contribution is 7.89. The molecule has 1 saturated heterocycles. The maximum absolute atomic E-state index is 12.7. The number of halogens is 3. The summed E-state index contributed by atoms with van der Waals surface area (Å²) in [4.78, 5) is 11.8. The second-order valence-electron chi connectivity index (χ2n) is 6.39. The van der Waals surface area contributed by atoms with Crippen LogP contribution in [0.1, 0.15) is 12.0 Å². The number of amides is 1. The Kier molecular flexibility index (Phi) is 5.22. The lowest BCUT2D eigenvalue weighted by Gasteiger charge is -2.22. The monoisotopic (exact) mass is 414 g/mol. The molecule has 2 aromatic rings. The maximum Gasteiger partial charge on any atom is 0.416 e. The lowest BCUT2D eigenvalue weighted by Crippen LogP contribution is -2.42. The maximum atomic E-state index is 12.7. The summed E-state index contributed by atoms with van der Waals surface area (Å²) in [7, 11) is -2.71. The Morgan fingerprint density at radius 2 is 1.54 bits per heavy atom. The normalized spacial score (nSPS) is 18.1. The highest BCUT2D eigenvalue weighted by Crippen LogP contribution is 2.31. The zero-order valence-electron chi connectivity index (χ0n) is 14.7. The van der Waals surface area contributed by atoms with E-state index in [9.17, 15) is 31.6 Å². The van der Waals surface area contributed by atoms with Gasteiger partial charge in [0.15, 0.2) is 0 Å². The van der Waals surface area contributed by atoms with E-state index in [2.05, 4.69) is 0 Å². The fraction of sp³-hybridized carbons (Fsp3) is 0.278. The second-order valence-corrected chi connectivity index (χ2v) is 8.38. The van der Waals surface area contributed by atoms with E-state index in [0.29, 0.717) is 16.2 Å². The second kappa shape index (κ2) is 7.19. The van der Waals surface area contributed by atoms with Gasteiger partial charge in [0, 0.05) is 7.05 Å². The molecule has 0 aliphatic carbocycles. The van der Waals surface area contributed by atoms with Gasteiger partial charge in [-0.3, -0.25) is 10.0 Å². The van der Waals surface area contributed by atoms with Crippen molar-refractivity contribution >= 4 is 15.9 Å². The first kappa shape index (κ1) is 20.3. The third kappa shape index (κ3) is 3.75. The molecule has 1 atom stereocenters. The Morgan fingerprint density at radius 3 is 1.96 bits per heavy atom. The molecule has 1 aliphatic rings. The van der Waals surface area contributed by atoms with Crippen LogP contribution < -0.4 is 0 Å². The number of nitrogens with zero attached hydrogens (tertiary/aromatic N) is 2. The first-order valence-electron chi connectivity index (χ1n) is 8.28. The fourth-order valence-electron chi connectivity index (χ4n) is 2.99. The zero-order chi connectivity index (χ0) is 20.7. The van der Waals surface area contributed by atoms with E-state index >= 15 is 0 Å². The third-order valence-electron chi connectivity index (χ3n) is 4.67. The van der Waals surface area contributed by atoms with Crippen LogP contribution in [0.4, 0.5) is 13.2 Å². The highest BCUT2D eigenvalue weighted by Gasteiger charge is 2.39. The molecule has 1 fully saturated rings. The number of benzene rings is 2. The van der Waals surface area contributed by atoms with Gasteiger partial charge in [0.05, 0.1) is 17.0 Å². The molecule has 0 unspecified atom stereocenters. The highest BCUT2D eigenvalue weighted by atomic mass is 32.2. The summed E-state index contributed by atoms with van der Waals surface area (Å²) in [5.41, 5.74) is 0.289. The SMILES string of the molecule is CN([C@H]1CCN(O)C1=O)S(=O)(=O)c1ccc(-c2ccc(C(F)(F)F)cc2)cc1. The fourth-order valence-corrected chi connectivity index (χ4v) is 4.34. The van der Waals surface area contributed by atoms with Crippen molar-refractivity contribution in [1.29, 1.82) is 0 Å². The van der Waals surface area contributed by atoms with Crippen molar-refractivity contribution in [1.82, 2.24) is 9.37 Å². The largest absolute Gasteiger partial charge is 0.416 e. The number of hydroxylamine groups is 2. The average Bonchev–Trinajstić information content (AvgIpc) is 2.99. The summed E-state index contributed by atoms with van der Waals surface area (Å²) < 4.78 is 64.3. The zero-order valence-corrected chi connectivity index (χ0v) is 15.5. The molecule has 1 aliphatic heterocycles. The molecular formula is C18H17F3N2O4S. The van der Waals surface area contributed by atoms with Gasteiger partial charge in [-0.15, -0.1) is 0 Å². The van der Waals surface area contributed by atoms with Crippen molar-refractivity contribution in [3.63, 3.8) is 0 Å². The summed E-state index contributed by atoms with van der Waals surface area (Å²) >= 11 is 0. The Hall–Kier alpha value is -2.43. The van der Waals surface area contributed by atoms with Crippen LogP contribution >= 0.6 is 0 Å². The van der Waals surface area contributed by atoms with Gasteiger partial charge in [0.1, 0.15) is 6.04 Å². The number of rotatable bonds is 4. The van der Waals surface area contributed by atoms with Crippen molar-refractivity contribution < 1.29 is 31.6 Å². The predicted octanol–water partition coefficient (Wildman–Crippen LogP) is 2.98. The molecule has 0 spiro atoms. The van der Waals surface area contributed by atoms with Gasteiger partial charge in [0.2, 0.25) is 10.0 Å². The number of sulfonamides is 1. The van der Waals surface area contributed by atoms with E-state index in [4.69, 9.17) is 0 Å². The molecule has 0 radical (unpaired) electrons. The van der Waals surface area contributed by atoms with Crippen LogP contribution in [0, 0.1) is 0 Å². The molecule has 6 nitrogen and oxygen atoms in total. The molecule has 0 bridgehead atoms. The van der Waals surface area contributed by atoms with Crippen LogP contribution in [0.3, 0.4) is 0 Å². The van der Waals surface area contributed by atoms with E-state index in [1.165, 1.54) is 43.4 Å². The van der Waals surface area contributed by atoms with E-state index in [-0.39, 0.29) is 17.9 Å². The third-order valence-corrected chi connectivity index (χ3v) is 6.55. The van der Waals surface area contributed by atoms with Crippen LogP contribution in [0.15, 0.2) is 53.4 Å². The Labute approximate surface area is 159 Å². The molecule has 0 aromatic heterocycles. The number of likely N-dealkylation sites (N-methyl/N-ethyl adjacent to an activating group) is 1. The van der Waals surface area contributed by atoms with Gasteiger partial charge in [-0.05, 0) is 41.8 Å². The lowest BCUT2D eigenvalue weighted by atomic mass is 10.0. The molecule has 0 saturated carbocycles. The standard InChI is InChI=1S/C18H17F3N2O4S/c1-22(16-10-11-23(25)17(16)24)28(26,27)15-8-4-13(5-9-15)12-2-6-14(7-3-12)18(19,20)21/h2-9,16,25H,10-11H2,1H3/t16-/m0/s1. The van der Waals surface area contributed by atoms with Gasteiger partial charge in [-0.2, -0.15) is 17.5 Å². The van der Waals surface area contributed by atoms with Crippen LogP contribution in [-0.4, -0.2) is 48.5 Å². The van der Waals surface area contributed by atoms with Gasteiger partial charge in [0.25, 0.3) is 5.91 Å². The topological polar surface area (TPSA) is 77.9 Å². The minimum absolute atomic E-state index is 0.0518. The van der Waals surface area contributed by atoms with Crippen molar-refractivity contribution in [3.05, 3.63) is 54.1 Å². The Balaban J connectivity index is 1.83. The summed E-state index contributed by atoms with van der Waals surface area (Å²) in [5.74, 6) is -0.688. The van der Waals surface area contributed by atoms with Gasteiger partial charge in [-0.1, -0.05) is 24.3 Å². The van der Waals surface area contributed by atoms with Crippen molar-refractivity contribution in [3.8, 4) is 11.1 Å². The molecule has 150 valence electrons. The molecule has 28 heavy (non-hydrogen) atoms. The molecule has 2 aromatic carbocycles. The molecule has 10 heteroatoms. The smallest absolute Gasteiger partial charge is 0.286 e. The molecule has 1 N–H and O–H groups in total. The predicted molar refractivity (Wildman–Crippen MR) is 93.7 cm³/mol. The van der Waals surface area contributed by atoms with Crippen LogP contribution in [0.5, 0.6) is 0 Å². The van der Waals surface area contributed by atoms with E-state index in [1.54, 1.807) is 0 Å². The van der Waals surface area contributed by atoms with Gasteiger partial charge >= 0.3 is 6.18 Å². The van der Waals surface area contributed by atoms with Crippen molar-refractivity contribution in [2.45, 2.75) is 23.5 Å². The molecular weight excluding hydrogens is 397 g/mol. The minimum Gasteiger partial charge on any atom is -0.286 e. The number of alkyl halides is 3. The minimum atomic E-state index is -4.43. The molecule has 1 amide bonds. The quantitative estimate of drug-likeness (QED) is 0.781. The van der Waals surface area contributed by atoms with Crippen LogP contribution in [-0.2, 0) is 21.0 Å². The first-order valence-corrected chi connectivity index (χ1v) is 9.72. The first-order chi connectivity index (χ1) is 13.0. The van der Waals surface area contributed by atoms with Crippen molar-refractivity contribution in [2.24, 2.45) is 0 Å². The van der Waals surface area contributed by atoms with Crippen molar-refractivity contribution in [2.75, 3.05) is 13.6 Å².